The second-order valence-electron chi connectivity index (χ2n) is 8.58. The monoisotopic (exact) mass is 389 g/mol. The minimum atomic E-state index is 0.372. The van der Waals surface area contributed by atoms with Crippen molar-refractivity contribution in [1.82, 2.24) is 24.5 Å². The number of hydrogen-bond acceptors (Lipinski definition) is 4. The molecule has 2 aliphatic heterocycles. The van der Waals surface area contributed by atoms with Crippen molar-refractivity contribution >= 4 is 5.91 Å². The smallest absolute Gasteiger partial charge is 0.222 e. The lowest BCUT2D eigenvalue weighted by Gasteiger charge is -2.35. The van der Waals surface area contributed by atoms with Gasteiger partial charge in [-0.2, -0.15) is 5.10 Å². The molecule has 1 amide bonds. The second kappa shape index (κ2) is 10.4. The van der Waals surface area contributed by atoms with Crippen LogP contribution in [0.5, 0.6) is 0 Å². The standard InChI is InChI=1S/C22H39N5O/c1-4-10-27-18-21(19(3)23-27)17-25-11-8-20(9-12-25)6-7-22(28)26-15-13-24(5-2)14-16-26/h18,20H,4-17H2,1-3H3. The molecule has 0 unspecified atom stereocenters. The molecule has 28 heavy (non-hydrogen) atoms. The summed E-state index contributed by atoms with van der Waals surface area (Å²) in [4.78, 5) is 19.6. The van der Waals surface area contributed by atoms with E-state index in [1.807, 2.05) is 0 Å². The maximum atomic E-state index is 12.5. The third kappa shape index (κ3) is 5.80. The first-order chi connectivity index (χ1) is 13.6. The van der Waals surface area contributed by atoms with Gasteiger partial charge in [0, 0.05) is 57.4 Å². The third-order valence-electron chi connectivity index (χ3n) is 6.54. The molecule has 6 heteroatoms. The van der Waals surface area contributed by atoms with Crippen molar-refractivity contribution in [3.8, 4) is 0 Å². The molecule has 0 atom stereocenters. The Labute approximate surface area is 170 Å². The number of likely N-dealkylation sites (tertiary alicyclic amines) is 1. The van der Waals surface area contributed by atoms with Crippen LogP contribution in [0.15, 0.2) is 6.20 Å². The molecule has 3 heterocycles. The molecule has 6 nitrogen and oxygen atoms in total. The van der Waals surface area contributed by atoms with Crippen molar-refractivity contribution in [2.45, 2.75) is 66.0 Å². The Morgan fingerprint density at radius 1 is 1.07 bits per heavy atom. The molecule has 3 rings (SSSR count). The molecule has 158 valence electrons. The molecule has 2 fully saturated rings. The highest BCUT2D eigenvalue weighted by Gasteiger charge is 2.24. The molecule has 2 saturated heterocycles. The third-order valence-corrected chi connectivity index (χ3v) is 6.54. The fourth-order valence-electron chi connectivity index (χ4n) is 4.53. The van der Waals surface area contributed by atoms with E-state index in [1.54, 1.807) is 0 Å². The van der Waals surface area contributed by atoms with Crippen LogP contribution in [0, 0.1) is 12.8 Å². The van der Waals surface area contributed by atoms with Crippen LogP contribution in [0.25, 0.3) is 0 Å². The van der Waals surface area contributed by atoms with Crippen molar-refractivity contribution in [2.75, 3.05) is 45.8 Å². The predicted octanol–water partition coefficient (Wildman–Crippen LogP) is 2.76. The second-order valence-corrected chi connectivity index (χ2v) is 8.58. The Hall–Kier alpha value is -1.40. The first-order valence-corrected chi connectivity index (χ1v) is 11.3. The molecule has 1 aromatic rings. The molecule has 1 aromatic heterocycles. The van der Waals surface area contributed by atoms with Crippen LogP contribution >= 0.6 is 0 Å². The number of piperazine rings is 1. The van der Waals surface area contributed by atoms with Crippen LogP contribution in [0.3, 0.4) is 0 Å². The Balaban J connectivity index is 1.36. The molecule has 0 bridgehead atoms. The van der Waals surface area contributed by atoms with Crippen LogP contribution in [-0.2, 0) is 17.9 Å². The van der Waals surface area contributed by atoms with Gasteiger partial charge < -0.3 is 9.80 Å². The lowest BCUT2D eigenvalue weighted by molar-refractivity contribution is -0.133. The van der Waals surface area contributed by atoms with E-state index in [2.05, 4.69) is 51.4 Å². The van der Waals surface area contributed by atoms with E-state index >= 15 is 0 Å². The first-order valence-electron chi connectivity index (χ1n) is 11.3. The largest absolute Gasteiger partial charge is 0.340 e. The van der Waals surface area contributed by atoms with E-state index in [-0.39, 0.29) is 0 Å². The molecule has 2 aliphatic rings. The zero-order valence-electron chi connectivity index (χ0n) is 18.2. The Kier molecular flexibility index (Phi) is 7.91. The molecule has 0 saturated carbocycles. The van der Waals surface area contributed by atoms with Crippen LogP contribution in [-0.4, -0.2) is 76.2 Å². The predicted molar refractivity (Wildman–Crippen MR) is 113 cm³/mol. The number of piperidine rings is 1. The van der Waals surface area contributed by atoms with Gasteiger partial charge in [-0.1, -0.05) is 13.8 Å². The fourth-order valence-corrected chi connectivity index (χ4v) is 4.53. The Morgan fingerprint density at radius 3 is 2.43 bits per heavy atom. The first kappa shape index (κ1) is 21.3. The quantitative estimate of drug-likeness (QED) is 0.686. The van der Waals surface area contributed by atoms with Gasteiger partial charge in [0.2, 0.25) is 5.91 Å². The lowest BCUT2D eigenvalue weighted by Crippen LogP contribution is -2.48. The summed E-state index contributed by atoms with van der Waals surface area (Å²) in [6.45, 7) is 15.8. The van der Waals surface area contributed by atoms with Gasteiger partial charge in [-0.25, -0.2) is 0 Å². The number of carbonyl (C=O) groups is 1. The zero-order chi connectivity index (χ0) is 19.9. The van der Waals surface area contributed by atoms with Gasteiger partial charge in [-0.3, -0.25) is 14.4 Å². The Bertz CT molecular complexity index is 612. The molecular formula is C22H39N5O. The number of rotatable bonds is 8. The summed E-state index contributed by atoms with van der Waals surface area (Å²) in [5.41, 5.74) is 2.54. The fraction of sp³-hybridized carbons (Fsp3) is 0.818. The van der Waals surface area contributed by atoms with E-state index < -0.39 is 0 Å². The summed E-state index contributed by atoms with van der Waals surface area (Å²) in [6.07, 6.45) is 7.59. The highest BCUT2D eigenvalue weighted by atomic mass is 16.2. The van der Waals surface area contributed by atoms with Gasteiger partial charge in [-0.05, 0) is 58.2 Å². The van der Waals surface area contributed by atoms with Gasteiger partial charge in [0.1, 0.15) is 0 Å². The minimum absolute atomic E-state index is 0.372. The van der Waals surface area contributed by atoms with Crippen molar-refractivity contribution < 1.29 is 4.79 Å². The average Bonchev–Trinajstić information content (AvgIpc) is 3.06. The van der Waals surface area contributed by atoms with Gasteiger partial charge >= 0.3 is 0 Å². The van der Waals surface area contributed by atoms with Gasteiger partial charge in [0.05, 0.1) is 5.69 Å². The van der Waals surface area contributed by atoms with Crippen molar-refractivity contribution in [3.63, 3.8) is 0 Å². The highest BCUT2D eigenvalue weighted by molar-refractivity contribution is 5.76. The van der Waals surface area contributed by atoms with Crippen LogP contribution in [0.4, 0.5) is 0 Å². The average molecular weight is 390 g/mol. The maximum Gasteiger partial charge on any atom is 0.222 e. The lowest BCUT2D eigenvalue weighted by atomic mass is 9.91. The topological polar surface area (TPSA) is 44.6 Å². The molecule has 0 aliphatic carbocycles. The van der Waals surface area contributed by atoms with Crippen LogP contribution < -0.4 is 0 Å². The highest BCUT2D eigenvalue weighted by Crippen LogP contribution is 2.24. The van der Waals surface area contributed by atoms with E-state index in [0.29, 0.717) is 11.8 Å². The van der Waals surface area contributed by atoms with E-state index in [9.17, 15) is 4.79 Å². The maximum absolute atomic E-state index is 12.5. The summed E-state index contributed by atoms with van der Waals surface area (Å²) in [6, 6.07) is 0. The van der Waals surface area contributed by atoms with Gasteiger partial charge in [-0.15, -0.1) is 0 Å². The van der Waals surface area contributed by atoms with Crippen LogP contribution in [0.2, 0.25) is 0 Å². The normalized spacial score (nSPS) is 20.0. The number of aromatic nitrogens is 2. The molecule has 0 N–H and O–H groups in total. The SMILES string of the molecule is CCCn1cc(CN2CCC(CCC(=O)N3CCN(CC)CC3)CC2)c(C)n1. The van der Waals surface area contributed by atoms with Crippen molar-refractivity contribution in [3.05, 3.63) is 17.5 Å². The van der Waals surface area contributed by atoms with Gasteiger partial charge in [0.25, 0.3) is 0 Å². The van der Waals surface area contributed by atoms with Crippen LogP contribution in [0.1, 0.15) is 57.2 Å². The number of aryl methyl sites for hydroxylation is 2. The number of hydrogen-bond donors (Lipinski definition) is 0. The summed E-state index contributed by atoms with van der Waals surface area (Å²) < 4.78 is 2.09. The zero-order valence-corrected chi connectivity index (χ0v) is 18.2. The molecule has 0 aromatic carbocycles. The minimum Gasteiger partial charge on any atom is -0.340 e. The number of carbonyl (C=O) groups excluding carboxylic acids is 1. The van der Waals surface area contributed by atoms with E-state index in [1.165, 1.54) is 24.1 Å². The van der Waals surface area contributed by atoms with Crippen molar-refractivity contribution in [1.29, 1.82) is 0 Å². The van der Waals surface area contributed by atoms with E-state index in [4.69, 9.17) is 0 Å². The Morgan fingerprint density at radius 2 is 1.79 bits per heavy atom. The van der Waals surface area contributed by atoms with Gasteiger partial charge in [0.15, 0.2) is 0 Å². The number of amides is 1. The summed E-state index contributed by atoms with van der Waals surface area (Å²) in [5, 5.41) is 4.63. The number of likely N-dealkylation sites (N-methyl/N-ethyl adjacent to an activating group) is 1. The van der Waals surface area contributed by atoms with E-state index in [0.717, 1.165) is 78.2 Å². The molecule has 0 radical (unpaired) electrons. The van der Waals surface area contributed by atoms with Crippen molar-refractivity contribution in [2.24, 2.45) is 5.92 Å². The summed E-state index contributed by atoms with van der Waals surface area (Å²) in [7, 11) is 0. The molecule has 0 spiro atoms. The summed E-state index contributed by atoms with van der Waals surface area (Å²) in [5.74, 6) is 1.08. The summed E-state index contributed by atoms with van der Waals surface area (Å²) >= 11 is 0. The number of nitrogens with zero attached hydrogens (tertiary/aromatic N) is 5. The molecular weight excluding hydrogens is 350 g/mol.